The molecule has 0 saturated carbocycles. The number of aromatic nitrogens is 4. The van der Waals surface area contributed by atoms with E-state index >= 15 is 0 Å². The Balaban J connectivity index is 2.24. The molecule has 1 N–H and O–H groups in total. The maximum atomic E-state index is 13.0. The normalized spacial score (nSPS) is 11.0. The fourth-order valence-electron chi connectivity index (χ4n) is 2.15. The highest BCUT2D eigenvalue weighted by Crippen LogP contribution is 2.16. The van der Waals surface area contributed by atoms with E-state index in [1.54, 1.807) is 6.92 Å². The number of benzene rings is 1. The average molecular weight is 302 g/mol. The van der Waals surface area contributed by atoms with E-state index in [-0.39, 0.29) is 18.1 Å². The van der Waals surface area contributed by atoms with E-state index < -0.39 is 17.3 Å². The van der Waals surface area contributed by atoms with E-state index in [4.69, 9.17) is 5.11 Å². The van der Waals surface area contributed by atoms with Crippen LogP contribution in [0.3, 0.4) is 0 Å². The zero-order chi connectivity index (χ0) is 15.9. The van der Waals surface area contributed by atoms with Gasteiger partial charge in [-0.1, -0.05) is 0 Å². The van der Waals surface area contributed by atoms with Crippen molar-refractivity contribution in [2.75, 3.05) is 0 Å². The largest absolute Gasteiger partial charge is 0.480 e. The fourth-order valence-corrected chi connectivity index (χ4v) is 2.15. The molecule has 0 aliphatic carbocycles. The Labute approximate surface area is 123 Å². The second-order valence-electron chi connectivity index (χ2n) is 4.76. The molecule has 0 radical (unpaired) electrons. The molecule has 2 aromatic heterocycles. The smallest absolute Gasteiger partial charge is 0.323 e. The van der Waals surface area contributed by atoms with Crippen molar-refractivity contribution in [2.24, 2.45) is 0 Å². The van der Waals surface area contributed by atoms with Crippen molar-refractivity contribution < 1.29 is 14.3 Å². The minimum atomic E-state index is -1.06. The first-order valence-corrected chi connectivity index (χ1v) is 6.40. The highest BCUT2D eigenvalue weighted by molar-refractivity contribution is 5.67. The van der Waals surface area contributed by atoms with E-state index in [9.17, 15) is 14.0 Å². The number of halogens is 1. The number of hydrogen-bond acceptors (Lipinski definition) is 4. The van der Waals surface area contributed by atoms with Crippen molar-refractivity contribution in [3.8, 4) is 11.4 Å². The van der Waals surface area contributed by atoms with Crippen LogP contribution in [0.25, 0.3) is 17.2 Å². The third-order valence-electron chi connectivity index (χ3n) is 3.19. The molecule has 0 aliphatic heterocycles. The van der Waals surface area contributed by atoms with Crippen molar-refractivity contribution in [3.63, 3.8) is 0 Å². The van der Waals surface area contributed by atoms with Crippen LogP contribution in [-0.4, -0.2) is 30.2 Å². The predicted octanol–water partition coefficient (Wildman–Crippen LogP) is 1.09. The monoisotopic (exact) mass is 302 g/mol. The molecule has 3 rings (SSSR count). The average Bonchev–Trinajstić information content (AvgIpc) is 2.89. The maximum absolute atomic E-state index is 13.0. The lowest BCUT2D eigenvalue weighted by Crippen LogP contribution is -2.22. The molecule has 22 heavy (non-hydrogen) atoms. The first-order valence-electron chi connectivity index (χ1n) is 6.40. The molecule has 0 fully saturated rings. The minimum Gasteiger partial charge on any atom is -0.480 e. The van der Waals surface area contributed by atoms with Gasteiger partial charge in [-0.3, -0.25) is 9.59 Å². The van der Waals surface area contributed by atoms with E-state index in [0.29, 0.717) is 11.3 Å². The summed E-state index contributed by atoms with van der Waals surface area (Å²) in [5, 5.41) is 13.1. The maximum Gasteiger partial charge on any atom is 0.323 e. The summed E-state index contributed by atoms with van der Waals surface area (Å²) in [6, 6.07) is 6.79. The second-order valence-corrected chi connectivity index (χ2v) is 4.76. The minimum absolute atomic E-state index is 0.131. The van der Waals surface area contributed by atoms with Crippen molar-refractivity contribution in [3.05, 3.63) is 52.2 Å². The van der Waals surface area contributed by atoms with Gasteiger partial charge in [0.15, 0.2) is 5.82 Å². The summed E-state index contributed by atoms with van der Waals surface area (Å²) in [6.07, 6.45) is 0. The van der Waals surface area contributed by atoms with Crippen molar-refractivity contribution in [2.45, 2.75) is 13.5 Å². The van der Waals surface area contributed by atoms with Gasteiger partial charge in [0.25, 0.3) is 5.56 Å². The lowest BCUT2D eigenvalue weighted by atomic mass is 10.2. The van der Waals surface area contributed by atoms with Gasteiger partial charge in [0.1, 0.15) is 12.4 Å². The lowest BCUT2D eigenvalue weighted by Gasteiger charge is -2.07. The number of carboxylic acids is 1. The SMILES string of the molecule is Cc1cc(=O)n2nc(-c3ccc(F)cc3)nc2n1CC(=O)O. The van der Waals surface area contributed by atoms with Crippen LogP contribution in [0, 0.1) is 12.7 Å². The first-order chi connectivity index (χ1) is 10.5. The Morgan fingerprint density at radius 3 is 2.64 bits per heavy atom. The molecule has 2 heterocycles. The zero-order valence-electron chi connectivity index (χ0n) is 11.5. The number of carbonyl (C=O) groups is 1. The third kappa shape index (κ3) is 2.34. The van der Waals surface area contributed by atoms with Gasteiger partial charge in [-0.2, -0.15) is 9.50 Å². The van der Waals surface area contributed by atoms with Crippen LogP contribution in [0.1, 0.15) is 5.69 Å². The van der Waals surface area contributed by atoms with Crippen LogP contribution in [0.2, 0.25) is 0 Å². The Hall–Kier alpha value is -3.03. The molecule has 8 heteroatoms. The Kier molecular flexibility index (Phi) is 3.21. The number of fused-ring (bicyclic) bond motifs is 1. The summed E-state index contributed by atoms with van der Waals surface area (Å²) in [5.41, 5.74) is 0.594. The molecule has 0 amide bonds. The van der Waals surface area contributed by atoms with Crippen molar-refractivity contribution >= 4 is 11.7 Å². The molecular weight excluding hydrogens is 291 g/mol. The Bertz CT molecular complexity index is 928. The summed E-state index contributed by atoms with van der Waals surface area (Å²) in [4.78, 5) is 27.2. The molecule has 0 spiro atoms. The Morgan fingerprint density at radius 2 is 2.00 bits per heavy atom. The lowest BCUT2D eigenvalue weighted by molar-refractivity contribution is -0.137. The zero-order valence-corrected chi connectivity index (χ0v) is 11.5. The number of aryl methyl sites for hydroxylation is 1. The summed E-state index contributed by atoms with van der Waals surface area (Å²) in [5.74, 6) is -1.10. The van der Waals surface area contributed by atoms with Gasteiger partial charge in [-0.25, -0.2) is 4.39 Å². The molecule has 0 atom stereocenters. The van der Waals surface area contributed by atoms with Gasteiger partial charge in [0.05, 0.1) is 0 Å². The molecule has 0 saturated heterocycles. The van der Waals surface area contributed by atoms with E-state index in [1.165, 1.54) is 34.9 Å². The van der Waals surface area contributed by atoms with Crippen LogP contribution in [0.4, 0.5) is 4.39 Å². The quantitative estimate of drug-likeness (QED) is 0.782. The van der Waals surface area contributed by atoms with Crippen LogP contribution in [-0.2, 0) is 11.3 Å². The number of hydrogen-bond donors (Lipinski definition) is 1. The molecule has 1 aromatic carbocycles. The molecule has 3 aromatic rings. The molecule has 0 unspecified atom stereocenters. The van der Waals surface area contributed by atoms with Gasteiger partial charge >= 0.3 is 5.97 Å². The summed E-state index contributed by atoms with van der Waals surface area (Å²) in [7, 11) is 0. The van der Waals surface area contributed by atoms with Gasteiger partial charge in [0, 0.05) is 17.3 Å². The number of aliphatic carboxylic acids is 1. The standard InChI is InChI=1S/C14H11FN4O3/c1-8-6-11(20)19-14(18(8)7-12(21)22)16-13(17-19)9-2-4-10(15)5-3-9/h2-6H,7H2,1H3,(H,21,22). The Morgan fingerprint density at radius 1 is 1.32 bits per heavy atom. The summed E-state index contributed by atoms with van der Waals surface area (Å²) in [6.45, 7) is 1.29. The van der Waals surface area contributed by atoms with Crippen LogP contribution in [0.15, 0.2) is 35.1 Å². The number of rotatable bonds is 3. The van der Waals surface area contributed by atoms with E-state index in [0.717, 1.165) is 4.52 Å². The van der Waals surface area contributed by atoms with E-state index in [2.05, 4.69) is 10.1 Å². The second kappa shape index (κ2) is 5.06. The van der Waals surface area contributed by atoms with Gasteiger partial charge < -0.3 is 9.67 Å². The van der Waals surface area contributed by atoms with Crippen LogP contribution < -0.4 is 5.56 Å². The molecule has 0 aliphatic rings. The highest BCUT2D eigenvalue weighted by Gasteiger charge is 2.15. The van der Waals surface area contributed by atoms with Crippen LogP contribution in [0.5, 0.6) is 0 Å². The van der Waals surface area contributed by atoms with Gasteiger partial charge in [0.2, 0.25) is 5.78 Å². The van der Waals surface area contributed by atoms with Gasteiger partial charge in [-0.05, 0) is 31.2 Å². The van der Waals surface area contributed by atoms with Gasteiger partial charge in [-0.15, -0.1) is 5.10 Å². The highest BCUT2D eigenvalue weighted by atomic mass is 19.1. The van der Waals surface area contributed by atoms with Crippen molar-refractivity contribution in [1.82, 2.24) is 19.2 Å². The topological polar surface area (TPSA) is 89.5 Å². The molecule has 7 nitrogen and oxygen atoms in total. The first kappa shape index (κ1) is 13.9. The predicted molar refractivity (Wildman–Crippen MR) is 75.0 cm³/mol. The molecule has 0 bridgehead atoms. The third-order valence-corrected chi connectivity index (χ3v) is 3.19. The summed E-state index contributed by atoms with van der Waals surface area (Å²) >= 11 is 0. The summed E-state index contributed by atoms with van der Waals surface area (Å²) < 4.78 is 15.4. The number of nitrogens with zero attached hydrogens (tertiary/aromatic N) is 4. The van der Waals surface area contributed by atoms with Crippen LogP contribution >= 0.6 is 0 Å². The number of carboxylic acid groups (broad SMARTS) is 1. The molecule has 112 valence electrons. The van der Waals surface area contributed by atoms with Crippen molar-refractivity contribution in [1.29, 1.82) is 0 Å². The fraction of sp³-hybridized carbons (Fsp3) is 0.143. The molecular formula is C14H11FN4O3. The van der Waals surface area contributed by atoms with E-state index in [1.807, 2.05) is 0 Å².